The largest absolute Gasteiger partial charge is 0.479 e. The van der Waals surface area contributed by atoms with E-state index >= 15 is 0 Å². The van der Waals surface area contributed by atoms with Gasteiger partial charge in [-0.15, -0.1) is 0 Å². The molecule has 0 aromatic heterocycles. The third kappa shape index (κ3) is 6.08. The van der Waals surface area contributed by atoms with Gasteiger partial charge in [0.15, 0.2) is 6.10 Å². The molecular weight excluding hydrogens is 206 g/mol. The molecule has 2 atom stereocenters. The molecule has 0 amide bonds. The summed E-state index contributed by atoms with van der Waals surface area (Å²) in [5.41, 5.74) is 5.61. The molecule has 0 spiro atoms. The molecule has 16 heavy (non-hydrogen) atoms. The summed E-state index contributed by atoms with van der Waals surface area (Å²) in [5, 5.41) is 8.99. The van der Waals surface area contributed by atoms with Crippen LogP contribution in [0.4, 0.5) is 0 Å². The molecule has 0 saturated heterocycles. The normalized spacial score (nSPS) is 15.4. The predicted octanol–water partition coefficient (Wildman–Crippen LogP) is 1.73. The Bertz CT molecular complexity index is 204. The Hall–Kier alpha value is -0.610. The highest BCUT2D eigenvalue weighted by Crippen LogP contribution is 2.14. The van der Waals surface area contributed by atoms with E-state index in [-0.39, 0.29) is 5.92 Å². The standard InChI is InChI=1S/C12H25NO3/c1-8(2)5-11(12(14)15)16-7-10(6-13)9(3)4/h8-11H,5-7,13H2,1-4H3,(H,14,15)/t10-,11+/m1/s1. The van der Waals surface area contributed by atoms with Crippen LogP contribution in [0, 0.1) is 17.8 Å². The Morgan fingerprint density at radius 2 is 1.88 bits per heavy atom. The maximum atomic E-state index is 10.9. The van der Waals surface area contributed by atoms with Crippen molar-refractivity contribution in [1.29, 1.82) is 0 Å². The first-order chi connectivity index (χ1) is 7.38. The molecular formula is C12H25NO3. The van der Waals surface area contributed by atoms with Crippen LogP contribution in [-0.4, -0.2) is 30.3 Å². The van der Waals surface area contributed by atoms with Gasteiger partial charge in [-0.1, -0.05) is 27.7 Å². The number of nitrogens with two attached hydrogens (primary N) is 1. The second-order valence-electron chi connectivity index (χ2n) is 5.03. The molecule has 0 aliphatic carbocycles. The molecule has 0 aromatic rings. The van der Waals surface area contributed by atoms with E-state index in [0.717, 1.165) is 0 Å². The number of carboxylic acids is 1. The molecule has 0 fully saturated rings. The minimum Gasteiger partial charge on any atom is -0.479 e. The fraction of sp³-hybridized carbons (Fsp3) is 0.917. The third-order valence-corrected chi connectivity index (χ3v) is 2.72. The number of ether oxygens (including phenoxy) is 1. The number of hydrogen-bond acceptors (Lipinski definition) is 3. The highest BCUT2D eigenvalue weighted by Gasteiger charge is 2.22. The van der Waals surface area contributed by atoms with E-state index in [1.165, 1.54) is 0 Å². The number of aliphatic carboxylic acids is 1. The highest BCUT2D eigenvalue weighted by atomic mass is 16.5. The zero-order valence-corrected chi connectivity index (χ0v) is 10.8. The lowest BCUT2D eigenvalue weighted by Crippen LogP contribution is -2.32. The Morgan fingerprint density at radius 1 is 1.31 bits per heavy atom. The van der Waals surface area contributed by atoms with Gasteiger partial charge >= 0.3 is 5.97 Å². The van der Waals surface area contributed by atoms with Crippen molar-refractivity contribution in [2.45, 2.75) is 40.2 Å². The number of hydrogen-bond donors (Lipinski definition) is 2. The van der Waals surface area contributed by atoms with Crippen molar-refractivity contribution in [2.24, 2.45) is 23.5 Å². The summed E-state index contributed by atoms with van der Waals surface area (Å²) in [6.45, 7) is 9.08. The number of rotatable bonds is 8. The van der Waals surface area contributed by atoms with Gasteiger partial charge in [0.05, 0.1) is 6.61 Å². The van der Waals surface area contributed by atoms with Crippen molar-refractivity contribution in [2.75, 3.05) is 13.2 Å². The minimum atomic E-state index is -0.881. The highest BCUT2D eigenvalue weighted by molar-refractivity contribution is 5.72. The van der Waals surface area contributed by atoms with E-state index in [2.05, 4.69) is 13.8 Å². The van der Waals surface area contributed by atoms with Crippen LogP contribution >= 0.6 is 0 Å². The summed E-state index contributed by atoms with van der Waals surface area (Å²) in [6.07, 6.45) is -0.155. The average Bonchev–Trinajstić information content (AvgIpc) is 2.15. The Balaban J connectivity index is 4.15. The van der Waals surface area contributed by atoms with Crippen LogP contribution in [0.25, 0.3) is 0 Å². The molecule has 0 aliphatic heterocycles. The smallest absolute Gasteiger partial charge is 0.332 e. The number of carbonyl (C=O) groups is 1. The lowest BCUT2D eigenvalue weighted by Gasteiger charge is -2.22. The van der Waals surface area contributed by atoms with E-state index in [1.54, 1.807) is 0 Å². The zero-order valence-electron chi connectivity index (χ0n) is 10.8. The third-order valence-electron chi connectivity index (χ3n) is 2.72. The topological polar surface area (TPSA) is 72.5 Å². The molecule has 0 aliphatic rings. The van der Waals surface area contributed by atoms with Crippen molar-refractivity contribution in [3.63, 3.8) is 0 Å². The molecule has 0 saturated carbocycles. The van der Waals surface area contributed by atoms with Crippen LogP contribution in [0.15, 0.2) is 0 Å². The van der Waals surface area contributed by atoms with Crippen LogP contribution in [0.3, 0.4) is 0 Å². The quantitative estimate of drug-likeness (QED) is 0.667. The second kappa shape index (κ2) is 7.63. The van der Waals surface area contributed by atoms with Crippen LogP contribution < -0.4 is 5.73 Å². The van der Waals surface area contributed by atoms with Gasteiger partial charge in [-0.2, -0.15) is 0 Å². The van der Waals surface area contributed by atoms with Crippen molar-refractivity contribution in [3.8, 4) is 0 Å². The van der Waals surface area contributed by atoms with E-state index in [9.17, 15) is 4.79 Å². The van der Waals surface area contributed by atoms with Gasteiger partial charge in [0.2, 0.25) is 0 Å². The SMILES string of the molecule is CC(C)C[C@H](OC[C@@H](CN)C(C)C)C(=O)O. The fourth-order valence-corrected chi connectivity index (χ4v) is 1.44. The van der Waals surface area contributed by atoms with E-state index in [1.807, 2.05) is 13.8 Å². The first-order valence-corrected chi connectivity index (χ1v) is 5.92. The first-order valence-electron chi connectivity index (χ1n) is 5.92. The zero-order chi connectivity index (χ0) is 12.7. The summed E-state index contributed by atoms with van der Waals surface area (Å²) in [6, 6.07) is 0. The second-order valence-corrected chi connectivity index (χ2v) is 5.03. The van der Waals surface area contributed by atoms with Crippen LogP contribution in [0.2, 0.25) is 0 Å². The van der Waals surface area contributed by atoms with E-state index in [0.29, 0.717) is 31.4 Å². The summed E-state index contributed by atoms with van der Waals surface area (Å²) in [7, 11) is 0. The monoisotopic (exact) mass is 231 g/mol. The van der Waals surface area contributed by atoms with Crippen LogP contribution in [0.5, 0.6) is 0 Å². The lowest BCUT2D eigenvalue weighted by atomic mass is 9.97. The maximum Gasteiger partial charge on any atom is 0.332 e. The summed E-state index contributed by atoms with van der Waals surface area (Å²) >= 11 is 0. The fourth-order valence-electron chi connectivity index (χ4n) is 1.44. The summed E-state index contributed by atoms with van der Waals surface area (Å²) < 4.78 is 5.45. The molecule has 0 heterocycles. The molecule has 0 bridgehead atoms. The summed E-state index contributed by atoms with van der Waals surface area (Å²) in [5.74, 6) is 0.0808. The molecule has 96 valence electrons. The molecule has 4 nitrogen and oxygen atoms in total. The summed E-state index contributed by atoms with van der Waals surface area (Å²) in [4.78, 5) is 10.9. The van der Waals surface area contributed by atoms with Gasteiger partial charge in [-0.05, 0) is 30.7 Å². The van der Waals surface area contributed by atoms with Gasteiger partial charge in [0.25, 0.3) is 0 Å². The van der Waals surface area contributed by atoms with Gasteiger partial charge in [-0.25, -0.2) is 4.79 Å². The molecule has 3 N–H and O–H groups in total. The van der Waals surface area contributed by atoms with E-state index < -0.39 is 12.1 Å². The first kappa shape index (κ1) is 15.4. The molecule has 0 unspecified atom stereocenters. The minimum absolute atomic E-state index is 0.231. The van der Waals surface area contributed by atoms with Crippen molar-refractivity contribution in [1.82, 2.24) is 0 Å². The Labute approximate surface area is 98.2 Å². The Kier molecular flexibility index (Phi) is 7.34. The molecule has 0 aromatic carbocycles. The van der Waals surface area contributed by atoms with Gasteiger partial charge < -0.3 is 15.6 Å². The van der Waals surface area contributed by atoms with Crippen molar-refractivity contribution < 1.29 is 14.6 Å². The van der Waals surface area contributed by atoms with Crippen LogP contribution in [-0.2, 0) is 9.53 Å². The lowest BCUT2D eigenvalue weighted by molar-refractivity contribution is -0.152. The van der Waals surface area contributed by atoms with Gasteiger partial charge in [0, 0.05) is 0 Å². The molecule has 4 heteroatoms. The van der Waals surface area contributed by atoms with E-state index in [4.69, 9.17) is 15.6 Å². The van der Waals surface area contributed by atoms with Crippen molar-refractivity contribution in [3.05, 3.63) is 0 Å². The molecule has 0 rings (SSSR count). The Morgan fingerprint density at radius 3 is 2.19 bits per heavy atom. The van der Waals surface area contributed by atoms with Crippen LogP contribution in [0.1, 0.15) is 34.1 Å². The molecule has 0 radical (unpaired) electrons. The average molecular weight is 231 g/mol. The van der Waals surface area contributed by atoms with Crippen molar-refractivity contribution >= 4 is 5.97 Å². The van der Waals surface area contributed by atoms with Gasteiger partial charge in [-0.3, -0.25) is 0 Å². The maximum absolute atomic E-state index is 10.9. The predicted molar refractivity (Wildman–Crippen MR) is 64.2 cm³/mol. The van der Waals surface area contributed by atoms with Gasteiger partial charge in [0.1, 0.15) is 0 Å². The number of carboxylic acid groups (broad SMARTS) is 1.